The van der Waals surface area contributed by atoms with Crippen LogP contribution in [0.4, 0.5) is 5.82 Å². The number of carbonyl (C=O) groups is 1. The molecule has 1 fully saturated rings. The third-order valence-corrected chi connectivity index (χ3v) is 4.46. The van der Waals surface area contributed by atoms with E-state index in [9.17, 15) is 4.79 Å². The molecule has 110 valence electrons. The Morgan fingerprint density at radius 3 is 2.65 bits per heavy atom. The SMILES string of the molecule is CCCCC1CCC(C(=O)Nc2cnc(Br)cn2)CC1. The molecule has 1 aliphatic rings. The molecule has 20 heavy (non-hydrogen) atoms. The largest absolute Gasteiger partial charge is 0.309 e. The minimum absolute atomic E-state index is 0.0931. The van der Waals surface area contributed by atoms with Crippen LogP contribution in [0, 0.1) is 11.8 Å². The molecule has 1 aliphatic carbocycles. The van der Waals surface area contributed by atoms with Crippen LogP contribution in [0.15, 0.2) is 17.0 Å². The van der Waals surface area contributed by atoms with Crippen molar-refractivity contribution in [2.75, 3.05) is 5.32 Å². The van der Waals surface area contributed by atoms with E-state index in [1.165, 1.54) is 32.1 Å². The van der Waals surface area contributed by atoms with Gasteiger partial charge in [0.15, 0.2) is 5.82 Å². The second kappa shape index (κ2) is 7.72. The van der Waals surface area contributed by atoms with Gasteiger partial charge in [0, 0.05) is 5.92 Å². The van der Waals surface area contributed by atoms with Crippen molar-refractivity contribution < 1.29 is 4.79 Å². The Labute approximate surface area is 128 Å². The highest BCUT2D eigenvalue weighted by atomic mass is 79.9. The summed E-state index contributed by atoms with van der Waals surface area (Å²) < 4.78 is 0.673. The molecule has 1 aromatic rings. The molecule has 0 bridgehead atoms. The molecule has 0 atom stereocenters. The third kappa shape index (κ3) is 4.54. The summed E-state index contributed by atoms with van der Waals surface area (Å²) in [6.07, 6.45) is 11.5. The summed E-state index contributed by atoms with van der Waals surface area (Å²) in [4.78, 5) is 20.4. The van der Waals surface area contributed by atoms with Crippen LogP contribution in [0.3, 0.4) is 0 Å². The van der Waals surface area contributed by atoms with Crippen LogP contribution in [0.5, 0.6) is 0 Å². The second-order valence-electron chi connectivity index (χ2n) is 5.57. The highest BCUT2D eigenvalue weighted by Crippen LogP contribution is 2.32. The first-order chi connectivity index (χ1) is 9.69. The van der Waals surface area contributed by atoms with Crippen molar-refractivity contribution in [2.45, 2.75) is 51.9 Å². The van der Waals surface area contributed by atoms with E-state index >= 15 is 0 Å². The number of aromatic nitrogens is 2. The number of rotatable bonds is 5. The molecular weight excluding hydrogens is 318 g/mol. The first-order valence-electron chi connectivity index (χ1n) is 7.47. The molecule has 2 rings (SSSR count). The van der Waals surface area contributed by atoms with Gasteiger partial charge < -0.3 is 5.32 Å². The summed E-state index contributed by atoms with van der Waals surface area (Å²) in [7, 11) is 0. The number of carbonyl (C=O) groups excluding carboxylic acids is 1. The van der Waals surface area contributed by atoms with E-state index in [2.05, 4.69) is 38.1 Å². The number of nitrogens with one attached hydrogen (secondary N) is 1. The number of hydrogen-bond acceptors (Lipinski definition) is 3. The lowest BCUT2D eigenvalue weighted by atomic mass is 9.79. The van der Waals surface area contributed by atoms with Gasteiger partial charge in [-0.1, -0.05) is 26.2 Å². The Morgan fingerprint density at radius 2 is 2.05 bits per heavy atom. The second-order valence-corrected chi connectivity index (χ2v) is 6.39. The molecule has 1 saturated carbocycles. The highest BCUT2D eigenvalue weighted by molar-refractivity contribution is 9.10. The van der Waals surface area contributed by atoms with E-state index in [1.807, 2.05) is 0 Å². The molecule has 1 amide bonds. The van der Waals surface area contributed by atoms with Gasteiger partial charge in [-0.3, -0.25) is 4.79 Å². The van der Waals surface area contributed by atoms with Crippen molar-refractivity contribution in [1.82, 2.24) is 9.97 Å². The minimum atomic E-state index is 0.0931. The molecule has 0 saturated heterocycles. The molecule has 0 unspecified atom stereocenters. The van der Waals surface area contributed by atoms with Gasteiger partial charge in [0.1, 0.15) is 4.60 Å². The van der Waals surface area contributed by atoms with Crippen LogP contribution < -0.4 is 5.32 Å². The third-order valence-electron chi connectivity index (χ3n) is 4.06. The van der Waals surface area contributed by atoms with E-state index in [0.717, 1.165) is 18.8 Å². The maximum absolute atomic E-state index is 12.2. The monoisotopic (exact) mass is 339 g/mol. The summed E-state index contributed by atoms with van der Waals surface area (Å²) in [5.74, 6) is 1.59. The lowest BCUT2D eigenvalue weighted by Gasteiger charge is -2.27. The van der Waals surface area contributed by atoms with Crippen molar-refractivity contribution in [3.05, 3.63) is 17.0 Å². The smallest absolute Gasteiger partial charge is 0.228 e. The Morgan fingerprint density at radius 1 is 1.30 bits per heavy atom. The van der Waals surface area contributed by atoms with Crippen LogP contribution in [0.1, 0.15) is 51.9 Å². The highest BCUT2D eigenvalue weighted by Gasteiger charge is 2.26. The Hall–Kier alpha value is -0.970. The van der Waals surface area contributed by atoms with Gasteiger partial charge in [0.2, 0.25) is 5.91 Å². The molecule has 1 N–H and O–H groups in total. The first kappa shape index (κ1) is 15.4. The minimum Gasteiger partial charge on any atom is -0.309 e. The molecule has 5 heteroatoms. The average Bonchev–Trinajstić information content (AvgIpc) is 2.48. The van der Waals surface area contributed by atoms with Crippen molar-refractivity contribution in [2.24, 2.45) is 11.8 Å². The fourth-order valence-electron chi connectivity index (χ4n) is 2.81. The zero-order valence-corrected chi connectivity index (χ0v) is 13.5. The lowest BCUT2D eigenvalue weighted by Crippen LogP contribution is -2.27. The quantitative estimate of drug-likeness (QED) is 0.875. The molecular formula is C15H22BrN3O. The first-order valence-corrected chi connectivity index (χ1v) is 8.26. The Kier molecular flexibility index (Phi) is 5.95. The van der Waals surface area contributed by atoms with Crippen LogP contribution >= 0.6 is 15.9 Å². The maximum Gasteiger partial charge on any atom is 0.228 e. The zero-order chi connectivity index (χ0) is 14.4. The van der Waals surface area contributed by atoms with Crippen LogP contribution in [-0.4, -0.2) is 15.9 Å². The van der Waals surface area contributed by atoms with Gasteiger partial charge in [-0.2, -0.15) is 0 Å². The normalized spacial score (nSPS) is 22.5. The van der Waals surface area contributed by atoms with E-state index in [1.54, 1.807) is 12.4 Å². The van der Waals surface area contributed by atoms with Crippen molar-refractivity contribution in [3.63, 3.8) is 0 Å². The average molecular weight is 340 g/mol. The van der Waals surface area contributed by atoms with Crippen LogP contribution in [0.25, 0.3) is 0 Å². The fraction of sp³-hybridized carbons (Fsp3) is 0.667. The number of nitrogens with zero attached hydrogens (tertiary/aromatic N) is 2. The molecule has 1 aromatic heterocycles. The van der Waals surface area contributed by atoms with Crippen LogP contribution in [0.2, 0.25) is 0 Å². The van der Waals surface area contributed by atoms with Gasteiger partial charge in [-0.15, -0.1) is 0 Å². The van der Waals surface area contributed by atoms with Crippen LogP contribution in [-0.2, 0) is 4.79 Å². The molecule has 0 aromatic carbocycles. The topological polar surface area (TPSA) is 54.9 Å². The van der Waals surface area contributed by atoms with Crippen molar-refractivity contribution in [1.29, 1.82) is 0 Å². The number of unbranched alkanes of at least 4 members (excludes halogenated alkanes) is 1. The van der Waals surface area contributed by atoms with E-state index < -0.39 is 0 Å². The summed E-state index contributed by atoms with van der Waals surface area (Å²) in [5, 5.41) is 2.86. The predicted octanol–water partition coefficient (Wildman–Crippen LogP) is 4.17. The van der Waals surface area contributed by atoms with E-state index in [0.29, 0.717) is 10.4 Å². The summed E-state index contributed by atoms with van der Waals surface area (Å²) in [5.41, 5.74) is 0. The summed E-state index contributed by atoms with van der Waals surface area (Å²) in [6.45, 7) is 2.23. The summed E-state index contributed by atoms with van der Waals surface area (Å²) >= 11 is 3.23. The number of amides is 1. The molecule has 1 heterocycles. The number of halogens is 1. The Bertz CT molecular complexity index is 427. The molecule has 0 radical (unpaired) electrons. The zero-order valence-electron chi connectivity index (χ0n) is 11.9. The molecule has 0 aliphatic heterocycles. The fourth-order valence-corrected chi connectivity index (χ4v) is 3.02. The number of anilines is 1. The Balaban J connectivity index is 1.78. The van der Waals surface area contributed by atoms with Gasteiger partial charge >= 0.3 is 0 Å². The standard InChI is InChI=1S/C15H22BrN3O/c1-2-3-4-11-5-7-12(8-6-11)15(20)19-14-10-17-13(16)9-18-14/h9-12H,2-8H2,1H3,(H,18,19,20). The molecule has 0 spiro atoms. The van der Waals surface area contributed by atoms with Gasteiger partial charge in [0.25, 0.3) is 0 Å². The predicted molar refractivity (Wildman–Crippen MR) is 83.3 cm³/mol. The van der Waals surface area contributed by atoms with Gasteiger partial charge in [0.05, 0.1) is 12.4 Å². The molecule has 4 nitrogen and oxygen atoms in total. The van der Waals surface area contributed by atoms with Gasteiger partial charge in [-0.25, -0.2) is 9.97 Å². The van der Waals surface area contributed by atoms with E-state index in [-0.39, 0.29) is 11.8 Å². The number of hydrogen-bond donors (Lipinski definition) is 1. The van der Waals surface area contributed by atoms with Gasteiger partial charge in [-0.05, 0) is 47.5 Å². The lowest BCUT2D eigenvalue weighted by molar-refractivity contribution is -0.121. The van der Waals surface area contributed by atoms with E-state index in [4.69, 9.17) is 0 Å². The van der Waals surface area contributed by atoms with Crippen molar-refractivity contribution in [3.8, 4) is 0 Å². The summed E-state index contributed by atoms with van der Waals surface area (Å²) in [6, 6.07) is 0. The maximum atomic E-state index is 12.2. The van der Waals surface area contributed by atoms with Crippen molar-refractivity contribution >= 4 is 27.7 Å².